The summed E-state index contributed by atoms with van der Waals surface area (Å²) in [4.78, 5) is 14.6. The first-order valence-corrected chi connectivity index (χ1v) is 9.40. The van der Waals surface area contributed by atoms with Crippen LogP contribution in [0.5, 0.6) is 0 Å². The SMILES string of the molecule is Cc1oc2ccccc2c1C(=O)N(CCS(C)(=O)=O)C1CC1. The number of rotatable bonds is 5. The van der Waals surface area contributed by atoms with Crippen LogP contribution in [0, 0.1) is 6.92 Å². The largest absolute Gasteiger partial charge is 0.461 e. The van der Waals surface area contributed by atoms with Crippen LogP contribution in [0.4, 0.5) is 0 Å². The summed E-state index contributed by atoms with van der Waals surface area (Å²) in [6.45, 7) is 2.01. The molecule has 1 saturated carbocycles. The summed E-state index contributed by atoms with van der Waals surface area (Å²) in [6, 6.07) is 7.58. The van der Waals surface area contributed by atoms with Gasteiger partial charge in [-0.2, -0.15) is 0 Å². The Balaban J connectivity index is 1.94. The van der Waals surface area contributed by atoms with E-state index in [0.717, 1.165) is 18.2 Å². The van der Waals surface area contributed by atoms with Crippen LogP contribution in [0.1, 0.15) is 29.0 Å². The number of benzene rings is 1. The Bertz CT molecular complexity index is 818. The molecule has 0 atom stereocenters. The van der Waals surface area contributed by atoms with E-state index < -0.39 is 9.84 Å². The lowest BCUT2D eigenvalue weighted by molar-refractivity contribution is 0.0754. The number of hydrogen-bond acceptors (Lipinski definition) is 4. The monoisotopic (exact) mass is 321 g/mol. The van der Waals surface area contributed by atoms with Crippen LogP contribution in [0.3, 0.4) is 0 Å². The number of furan rings is 1. The number of carbonyl (C=O) groups excluding carboxylic acids is 1. The van der Waals surface area contributed by atoms with E-state index in [9.17, 15) is 13.2 Å². The highest BCUT2D eigenvalue weighted by molar-refractivity contribution is 7.90. The number of hydrogen-bond donors (Lipinski definition) is 0. The Labute approximate surface area is 129 Å². The van der Waals surface area contributed by atoms with Gasteiger partial charge in [-0.15, -0.1) is 0 Å². The molecule has 0 spiro atoms. The number of nitrogens with zero attached hydrogens (tertiary/aromatic N) is 1. The van der Waals surface area contributed by atoms with Crippen LogP contribution in [0.2, 0.25) is 0 Å². The van der Waals surface area contributed by atoms with Crippen molar-refractivity contribution in [1.82, 2.24) is 4.90 Å². The molecule has 118 valence electrons. The maximum atomic E-state index is 12.9. The molecule has 6 heteroatoms. The lowest BCUT2D eigenvalue weighted by Gasteiger charge is -2.22. The third-order valence-corrected chi connectivity index (χ3v) is 4.86. The first-order valence-electron chi connectivity index (χ1n) is 7.33. The predicted octanol–water partition coefficient (Wildman–Crippen LogP) is 2.39. The Morgan fingerprint density at radius 1 is 1.32 bits per heavy atom. The molecule has 0 radical (unpaired) electrons. The van der Waals surface area contributed by atoms with E-state index in [1.165, 1.54) is 6.26 Å². The average Bonchev–Trinajstić information content (AvgIpc) is 3.19. The molecule has 1 aliphatic carbocycles. The van der Waals surface area contributed by atoms with E-state index >= 15 is 0 Å². The van der Waals surface area contributed by atoms with Gasteiger partial charge in [0.25, 0.3) is 5.91 Å². The van der Waals surface area contributed by atoms with Gasteiger partial charge in [0.15, 0.2) is 0 Å². The van der Waals surface area contributed by atoms with E-state index in [-0.39, 0.29) is 24.2 Å². The quantitative estimate of drug-likeness (QED) is 0.848. The van der Waals surface area contributed by atoms with Gasteiger partial charge in [-0.1, -0.05) is 18.2 Å². The van der Waals surface area contributed by atoms with Gasteiger partial charge in [-0.3, -0.25) is 4.79 Å². The minimum Gasteiger partial charge on any atom is -0.461 e. The molecule has 1 fully saturated rings. The zero-order valence-corrected chi connectivity index (χ0v) is 13.5. The first-order chi connectivity index (χ1) is 10.4. The van der Waals surface area contributed by atoms with Gasteiger partial charge >= 0.3 is 0 Å². The second-order valence-electron chi connectivity index (χ2n) is 5.89. The number of fused-ring (bicyclic) bond motifs is 1. The molecule has 1 amide bonds. The van der Waals surface area contributed by atoms with Crippen LogP contribution < -0.4 is 0 Å². The normalized spacial score (nSPS) is 15.2. The zero-order chi connectivity index (χ0) is 15.9. The molecule has 0 N–H and O–H groups in total. The van der Waals surface area contributed by atoms with E-state index in [1.54, 1.807) is 11.8 Å². The van der Waals surface area contributed by atoms with Crippen LogP contribution >= 0.6 is 0 Å². The minimum atomic E-state index is -3.10. The van der Waals surface area contributed by atoms with Gasteiger partial charge in [-0.25, -0.2) is 8.42 Å². The first kappa shape index (κ1) is 15.1. The summed E-state index contributed by atoms with van der Waals surface area (Å²) in [5.74, 6) is 0.439. The van der Waals surface area contributed by atoms with Crippen molar-refractivity contribution in [2.45, 2.75) is 25.8 Å². The Hall–Kier alpha value is -1.82. The highest BCUT2D eigenvalue weighted by atomic mass is 32.2. The van der Waals surface area contributed by atoms with Crippen molar-refractivity contribution in [3.63, 3.8) is 0 Å². The molecule has 5 nitrogen and oxygen atoms in total. The zero-order valence-electron chi connectivity index (χ0n) is 12.7. The maximum Gasteiger partial charge on any atom is 0.258 e. The van der Waals surface area contributed by atoms with Crippen molar-refractivity contribution in [2.24, 2.45) is 0 Å². The summed E-state index contributed by atoms with van der Waals surface area (Å²) in [7, 11) is -3.10. The second-order valence-corrected chi connectivity index (χ2v) is 8.15. The average molecular weight is 321 g/mol. The predicted molar refractivity (Wildman–Crippen MR) is 84.7 cm³/mol. The summed E-state index contributed by atoms with van der Waals surface area (Å²) >= 11 is 0. The van der Waals surface area contributed by atoms with Gasteiger partial charge < -0.3 is 9.32 Å². The van der Waals surface area contributed by atoms with Crippen molar-refractivity contribution < 1.29 is 17.6 Å². The number of amides is 1. The van der Waals surface area contributed by atoms with Gasteiger partial charge in [-0.05, 0) is 25.8 Å². The van der Waals surface area contributed by atoms with Gasteiger partial charge in [0.2, 0.25) is 0 Å². The molecule has 0 bridgehead atoms. The summed E-state index contributed by atoms with van der Waals surface area (Å²) in [6.07, 6.45) is 3.07. The number of sulfone groups is 1. The van der Waals surface area contributed by atoms with E-state index in [0.29, 0.717) is 16.9 Å². The van der Waals surface area contributed by atoms with Crippen molar-refractivity contribution in [3.8, 4) is 0 Å². The summed E-state index contributed by atoms with van der Waals surface area (Å²) in [5, 5.41) is 0.787. The molecule has 2 aromatic rings. The highest BCUT2D eigenvalue weighted by Gasteiger charge is 2.35. The Morgan fingerprint density at radius 3 is 2.64 bits per heavy atom. The molecule has 3 rings (SSSR count). The van der Waals surface area contributed by atoms with E-state index in [2.05, 4.69) is 0 Å². The van der Waals surface area contributed by atoms with Crippen molar-refractivity contribution in [3.05, 3.63) is 35.6 Å². The Morgan fingerprint density at radius 2 is 2.00 bits per heavy atom. The number of aryl methyl sites for hydroxylation is 1. The molecule has 1 aromatic heterocycles. The topological polar surface area (TPSA) is 67.6 Å². The fourth-order valence-electron chi connectivity index (χ4n) is 2.68. The smallest absolute Gasteiger partial charge is 0.258 e. The van der Waals surface area contributed by atoms with E-state index in [4.69, 9.17) is 4.42 Å². The van der Waals surface area contributed by atoms with Gasteiger partial charge in [0, 0.05) is 24.2 Å². The molecule has 0 saturated heterocycles. The molecule has 1 aliphatic rings. The molecule has 0 unspecified atom stereocenters. The fraction of sp³-hybridized carbons (Fsp3) is 0.438. The van der Waals surface area contributed by atoms with Gasteiger partial charge in [0.05, 0.1) is 11.3 Å². The third-order valence-electron chi connectivity index (χ3n) is 3.94. The maximum absolute atomic E-state index is 12.9. The lowest BCUT2D eigenvalue weighted by Crippen LogP contribution is -2.37. The highest BCUT2D eigenvalue weighted by Crippen LogP contribution is 2.32. The molecular formula is C16H19NO4S. The molecule has 1 heterocycles. The Kier molecular flexibility index (Phi) is 3.72. The van der Waals surface area contributed by atoms with Crippen molar-refractivity contribution in [2.75, 3.05) is 18.6 Å². The number of carbonyl (C=O) groups is 1. The van der Waals surface area contributed by atoms with Crippen molar-refractivity contribution >= 4 is 26.7 Å². The third kappa shape index (κ3) is 3.02. The second kappa shape index (κ2) is 5.43. The standard InChI is InChI=1S/C16H19NO4S/c1-11-15(13-5-3-4-6-14(13)21-11)16(18)17(12-7-8-12)9-10-22(2,19)20/h3-6,12H,7-10H2,1-2H3. The molecule has 22 heavy (non-hydrogen) atoms. The van der Waals surface area contributed by atoms with Crippen LogP contribution in [-0.4, -0.2) is 43.8 Å². The lowest BCUT2D eigenvalue weighted by atomic mass is 10.1. The summed E-state index contributed by atoms with van der Waals surface area (Å²) in [5.41, 5.74) is 1.23. The number of para-hydroxylation sites is 1. The van der Waals surface area contributed by atoms with Crippen LogP contribution in [0.25, 0.3) is 11.0 Å². The minimum absolute atomic E-state index is 0.00985. The molecular weight excluding hydrogens is 302 g/mol. The molecule has 0 aliphatic heterocycles. The van der Waals surface area contributed by atoms with Gasteiger partial charge in [0.1, 0.15) is 21.2 Å². The fourth-order valence-corrected chi connectivity index (χ4v) is 3.21. The van der Waals surface area contributed by atoms with Crippen LogP contribution in [-0.2, 0) is 9.84 Å². The summed E-state index contributed by atoms with van der Waals surface area (Å²) < 4.78 is 28.5. The van der Waals surface area contributed by atoms with Crippen molar-refractivity contribution in [1.29, 1.82) is 0 Å². The van der Waals surface area contributed by atoms with E-state index in [1.807, 2.05) is 24.3 Å². The molecule has 1 aromatic carbocycles. The van der Waals surface area contributed by atoms with Crippen LogP contribution in [0.15, 0.2) is 28.7 Å².